The van der Waals surface area contributed by atoms with Gasteiger partial charge in [0.05, 0.1) is 67.6 Å². The van der Waals surface area contributed by atoms with E-state index in [0.717, 1.165) is 105 Å². The van der Waals surface area contributed by atoms with Gasteiger partial charge in [0.25, 0.3) is 0 Å². The molecule has 7 heteroatoms. The molecular weight excluding hydrogens is 1020 g/mol. The standard InChI is InChI=1S/C77H49N7/c1-77(2)64-31-17-13-27-54(64)60-44-63-62-42-52(80(49-21-7-4-8-22-49)50-23-9-5-10-24-50)35-39-70(62)83(73(63)45-65(60)77)72-46-66(79-3)74(41-48(72)47-78)84-71-40-36-53(81-67-32-18-14-28-55(67)56-29-15-19-33-68(56)81)43-61(71)59-38-37-58-57-30-16-20-34-69(57)82(75(58)76(59)84)51-25-11-6-12-26-51/h4-46H,1-2H3. The zero-order valence-electron chi connectivity index (χ0n) is 46.0. The van der Waals surface area contributed by atoms with E-state index in [1.165, 1.54) is 33.0 Å². The van der Waals surface area contributed by atoms with Gasteiger partial charge in [0.2, 0.25) is 5.69 Å². The second kappa shape index (κ2) is 17.8. The zero-order chi connectivity index (χ0) is 55.9. The van der Waals surface area contributed by atoms with Crippen LogP contribution in [-0.2, 0) is 5.41 Å². The van der Waals surface area contributed by atoms with E-state index in [1.807, 2.05) is 12.1 Å². The number of para-hydroxylation sites is 6. The van der Waals surface area contributed by atoms with Gasteiger partial charge in [-0.2, -0.15) is 5.26 Å². The van der Waals surface area contributed by atoms with Crippen LogP contribution >= 0.6 is 0 Å². The van der Waals surface area contributed by atoms with Crippen LogP contribution in [0.15, 0.2) is 261 Å². The van der Waals surface area contributed by atoms with Crippen LogP contribution in [0, 0.1) is 17.9 Å². The first kappa shape index (κ1) is 47.4. The van der Waals surface area contributed by atoms with Crippen LogP contribution < -0.4 is 4.90 Å². The summed E-state index contributed by atoms with van der Waals surface area (Å²) in [6, 6.07) is 95.5. The van der Waals surface area contributed by atoms with Gasteiger partial charge in [-0.15, -0.1) is 0 Å². The predicted octanol–water partition coefficient (Wildman–Crippen LogP) is 20.3. The molecule has 7 nitrogen and oxygen atoms in total. The Morgan fingerprint density at radius 1 is 0.369 bits per heavy atom. The Labute approximate surface area is 484 Å². The van der Waals surface area contributed by atoms with E-state index in [-0.39, 0.29) is 5.41 Å². The minimum absolute atomic E-state index is 0.293. The molecule has 84 heavy (non-hydrogen) atoms. The lowest BCUT2D eigenvalue weighted by molar-refractivity contribution is 0.661. The Kier molecular flexibility index (Phi) is 10.1. The summed E-state index contributed by atoms with van der Waals surface area (Å²) in [5.74, 6) is 0. The highest BCUT2D eigenvalue weighted by Gasteiger charge is 2.37. The predicted molar refractivity (Wildman–Crippen MR) is 347 cm³/mol. The van der Waals surface area contributed by atoms with Crippen LogP contribution in [0.4, 0.5) is 22.7 Å². The fraction of sp³-hybridized carbons (Fsp3) is 0.0390. The van der Waals surface area contributed by atoms with Crippen LogP contribution in [-0.4, -0.2) is 18.3 Å². The maximum atomic E-state index is 11.8. The molecule has 16 aromatic rings. The van der Waals surface area contributed by atoms with E-state index in [4.69, 9.17) is 0 Å². The summed E-state index contributed by atoms with van der Waals surface area (Å²) in [5, 5.41) is 20.6. The highest BCUT2D eigenvalue weighted by atomic mass is 15.1. The molecule has 0 bridgehead atoms. The molecule has 0 saturated heterocycles. The van der Waals surface area contributed by atoms with Crippen molar-refractivity contribution in [2.75, 3.05) is 4.90 Å². The van der Waals surface area contributed by atoms with Gasteiger partial charge in [0.1, 0.15) is 6.07 Å². The number of hydrogen-bond donors (Lipinski definition) is 0. The van der Waals surface area contributed by atoms with Crippen molar-refractivity contribution < 1.29 is 0 Å². The van der Waals surface area contributed by atoms with Gasteiger partial charge < -0.3 is 23.2 Å². The summed E-state index contributed by atoms with van der Waals surface area (Å²) in [5.41, 5.74) is 20.1. The first-order chi connectivity index (χ1) is 41.4. The SMILES string of the molecule is [C-]#[N+]c1cc(-n2c3ccc(N(c4ccccc4)c4ccccc4)cc3c3cc4c(cc32)C(C)(C)c2ccccc2-4)c(C#N)cc1-n1c2ccc(-n3c4ccccc4c4ccccc43)cc2c2ccc3c4ccccc4n(-c4ccccc4)c3c21. The van der Waals surface area contributed by atoms with Crippen molar-refractivity contribution in [3.05, 3.63) is 289 Å². The van der Waals surface area contributed by atoms with E-state index >= 15 is 0 Å². The smallest absolute Gasteiger partial charge is 0.212 e. The molecule has 1 aliphatic carbocycles. The fourth-order valence-electron chi connectivity index (χ4n) is 14.3. The molecule has 0 N–H and O–H groups in total. The first-order valence-electron chi connectivity index (χ1n) is 28.5. The van der Waals surface area contributed by atoms with E-state index < -0.39 is 0 Å². The van der Waals surface area contributed by atoms with Crippen LogP contribution in [0.25, 0.3) is 126 Å². The third-order valence-corrected chi connectivity index (χ3v) is 18.0. The Bertz CT molecular complexity index is 5450. The molecule has 0 aliphatic heterocycles. The third-order valence-electron chi connectivity index (χ3n) is 18.0. The molecule has 17 rings (SSSR count). The lowest BCUT2D eigenvalue weighted by Gasteiger charge is -2.25. The maximum Gasteiger partial charge on any atom is 0.212 e. The average molecular weight is 1070 g/mol. The number of fused-ring (bicyclic) bond motifs is 16. The summed E-state index contributed by atoms with van der Waals surface area (Å²) in [6.45, 7) is 13.9. The Morgan fingerprint density at radius 2 is 0.893 bits per heavy atom. The van der Waals surface area contributed by atoms with E-state index in [1.54, 1.807) is 0 Å². The minimum Gasteiger partial charge on any atom is -0.317 e. The third kappa shape index (κ3) is 6.61. The molecule has 0 spiro atoms. The van der Waals surface area contributed by atoms with Crippen LogP contribution in [0.5, 0.6) is 0 Å². The van der Waals surface area contributed by atoms with E-state index in [9.17, 15) is 11.8 Å². The van der Waals surface area contributed by atoms with Crippen molar-refractivity contribution in [3.63, 3.8) is 0 Å². The minimum atomic E-state index is -0.293. The Balaban J connectivity index is 0.963. The molecule has 0 radical (unpaired) electrons. The van der Waals surface area contributed by atoms with Gasteiger partial charge in [0, 0.05) is 76.9 Å². The number of benzene rings is 12. The van der Waals surface area contributed by atoms with Crippen LogP contribution in [0.2, 0.25) is 0 Å². The van der Waals surface area contributed by atoms with E-state index in [2.05, 4.69) is 297 Å². The number of nitriles is 1. The second-order valence-corrected chi connectivity index (χ2v) is 22.7. The van der Waals surface area contributed by atoms with Crippen molar-refractivity contribution in [3.8, 4) is 39.9 Å². The van der Waals surface area contributed by atoms with Gasteiger partial charge >= 0.3 is 0 Å². The molecule has 4 aromatic heterocycles. The van der Waals surface area contributed by atoms with Crippen molar-refractivity contribution in [1.82, 2.24) is 18.3 Å². The maximum absolute atomic E-state index is 11.8. The zero-order valence-corrected chi connectivity index (χ0v) is 46.0. The summed E-state index contributed by atoms with van der Waals surface area (Å²) in [7, 11) is 0. The molecule has 0 atom stereocenters. The van der Waals surface area contributed by atoms with Crippen molar-refractivity contribution in [2.45, 2.75) is 19.3 Å². The van der Waals surface area contributed by atoms with Crippen molar-refractivity contribution >= 4 is 110 Å². The van der Waals surface area contributed by atoms with Gasteiger partial charge in [-0.05, 0) is 138 Å². The fourth-order valence-corrected chi connectivity index (χ4v) is 14.3. The molecule has 0 unspecified atom stereocenters. The molecular formula is C77H49N7. The summed E-state index contributed by atoms with van der Waals surface area (Å²) in [6.07, 6.45) is 0. The number of hydrogen-bond acceptors (Lipinski definition) is 2. The van der Waals surface area contributed by atoms with Gasteiger partial charge in [0.15, 0.2) is 0 Å². The van der Waals surface area contributed by atoms with Gasteiger partial charge in [-0.3, -0.25) is 0 Å². The lowest BCUT2D eigenvalue weighted by atomic mass is 9.82. The summed E-state index contributed by atoms with van der Waals surface area (Å²) >= 11 is 0. The molecule has 0 saturated carbocycles. The normalized spacial score (nSPS) is 12.7. The largest absolute Gasteiger partial charge is 0.317 e. The van der Waals surface area contributed by atoms with Gasteiger partial charge in [-0.1, -0.05) is 159 Å². The van der Waals surface area contributed by atoms with Crippen LogP contribution in [0.3, 0.4) is 0 Å². The monoisotopic (exact) mass is 1070 g/mol. The molecule has 0 amide bonds. The lowest BCUT2D eigenvalue weighted by Crippen LogP contribution is -2.15. The number of nitrogens with zero attached hydrogens (tertiary/aromatic N) is 7. The molecule has 12 aromatic carbocycles. The number of aromatic nitrogens is 4. The van der Waals surface area contributed by atoms with Gasteiger partial charge in [-0.25, -0.2) is 4.85 Å². The first-order valence-corrected chi connectivity index (χ1v) is 28.5. The van der Waals surface area contributed by atoms with Crippen molar-refractivity contribution in [2.24, 2.45) is 0 Å². The highest BCUT2D eigenvalue weighted by Crippen LogP contribution is 2.53. The highest BCUT2D eigenvalue weighted by molar-refractivity contribution is 6.24. The quantitative estimate of drug-likeness (QED) is 0.149. The molecule has 392 valence electrons. The summed E-state index contributed by atoms with van der Waals surface area (Å²) in [4.78, 5) is 6.78. The Hall–Kier alpha value is -11.4. The number of rotatable bonds is 7. The van der Waals surface area contributed by atoms with E-state index in [0.29, 0.717) is 22.6 Å². The van der Waals surface area contributed by atoms with Crippen molar-refractivity contribution in [1.29, 1.82) is 5.26 Å². The number of anilines is 3. The molecule has 1 aliphatic rings. The second-order valence-electron chi connectivity index (χ2n) is 22.7. The molecule has 0 fully saturated rings. The van der Waals surface area contributed by atoms with Crippen LogP contribution in [0.1, 0.15) is 30.5 Å². The topological polar surface area (TPSA) is 51.1 Å². The average Bonchev–Trinajstić information content (AvgIpc) is 2.02. The summed E-state index contributed by atoms with van der Waals surface area (Å²) < 4.78 is 9.25. The molecule has 4 heterocycles. The Morgan fingerprint density at radius 3 is 1.56 bits per heavy atom.